The second kappa shape index (κ2) is 7.67. The first kappa shape index (κ1) is 20.0. The lowest BCUT2D eigenvalue weighted by Crippen LogP contribution is -2.40. The number of amides is 1. The number of hydrogen-bond donors (Lipinski definition) is 2. The van der Waals surface area contributed by atoms with Gasteiger partial charge in [0.25, 0.3) is 5.91 Å². The molecule has 0 spiro atoms. The summed E-state index contributed by atoms with van der Waals surface area (Å²) in [5.41, 5.74) is 1.76. The molecular formula is C23H23N5O4. The minimum Gasteiger partial charge on any atom is -0.338 e. The van der Waals surface area contributed by atoms with E-state index in [9.17, 15) is 19.2 Å². The summed E-state index contributed by atoms with van der Waals surface area (Å²) in [5, 5.41) is 0. The topological polar surface area (TPSA) is 113 Å². The van der Waals surface area contributed by atoms with Crippen molar-refractivity contribution in [1.82, 2.24) is 24.0 Å². The summed E-state index contributed by atoms with van der Waals surface area (Å²) in [6.07, 6.45) is 1.35. The Hall–Kier alpha value is -3.88. The van der Waals surface area contributed by atoms with Gasteiger partial charge in [-0.25, -0.2) is 4.79 Å². The molecule has 2 aromatic heterocycles. The molecule has 1 saturated heterocycles. The maximum atomic E-state index is 13.1. The van der Waals surface area contributed by atoms with Gasteiger partial charge < -0.3 is 19.4 Å². The number of carbonyl (C=O) groups is 1. The summed E-state index contributed by atoms with van der Waals surface area (Å²) >= 11 is 0. The maximum absolute atomic E-state index is 13.1. The molecule has 32 heavy (non-hydrogen) atoms. The Bertz CT molecular complexity index is 1520. The van der Waals surface area contributed by atoms with Crippen LogP contribution in [0.15, 0.2) is 56.8 Å². The molecule has 0 atom stereocenters. The lowest BCUT2D eigenvalue weighted by Gasteiger charge is -2.32. The lowest BCUT2D eigenvalue weighted by molar-refractivity contribution is 0.0695. The van der Waals surface area contributed by atoms with Crippen LogP contribution in [0.4, 0.5) is 0 Å². The molecule has 1 fully saturated rings. The first-order valence-corrected chi connectivity index (χ1v) is 10.7. The predicted molar refractivity (Wildman–Crippen MR) is 121 cm³/mol. The monoisotopic (exact) mass is 433 g/mol. The van der Waals surface area contributed by atoms with Crippen molar-refractivity contribution >= 4 is 28.0 Å². The second-order valence-corrected chi connectivity index (χ2v) is 8.08. The average Bonchev–Trinajstić information content (AvgIpc) is 3.15. The van der Waals surface area contributed by atoms with Crippen LogP contribution < -0.4 is 16.8 Å². The number of aromatic nitrogens is 4. The largest absolute Gasteiger partial charge is 0.338 e. The van der Waals surface area contributed by atoms with Crippen molar-refractivity contribution in [3.63, 3.8) is 0 Å². The molecule has 4 aromatic rings. The minimum atomic E-state index is -0.700. The average molecular weight is 433 g/mol. The van der Waals surface area contributed by atoms with Gasteiger partial charge in [-0.2, -0.15) is 0 Å². The van der Waals surface area contributed by atoms with Gasteiger partial charge in [-0.05, 0) is 50.1 Å². The summed E-state index contributed by atoms with van der Waals surface area (Å²) in [6, 6.07) is 12.6. The van der Waals surface area contributed by atoms with Gasteiger partial charge in [0.1, 0.15) is 0 Å². The number of H-pyrrole nitrogens is 2. The fourth-order valence-electron chi connectivity index (χ4n) is 4.67. The van der Waals surface area contributed by atoms with E-state index in [-0.39, 0.29) is 17.6 Å². The molecule has 0 radical (unpaired) electrons. The zero-order chi connectivity index (χ0) is 22.4. The van der Waals surface area contributed by atoms with E-state index >= 15 is 0 Å². The normalized spacial score (nSPS) is 15.0. The first-order valence-electron chi connectivity index (χ1n) is 10.7. The van der Waals surface area contributed by atoms with E-state index in [1.54, 1.807) is 34.6 Å². The second-order valence-electron chi connectivity index (χ2n) is 8.08. The molecule has 2 aromatic carbocycles. The number of piperidine rings is 1. The number of aryl methyl sites for hydroxylation is 1. The van der Waals surface area contributed by atoms with E-state index in [4.69, 9.17) is 0 Å². The predicted octanol–water partition coefficient (Wildman–Crippen LogP) is 1.83. The number of hydrogen-bond acceptors (Lipinski definition) is 4. The van der Waals surface area contributed by atoms with Crippen molar-refractivity contribution in [2.24, 2.45) is 0 Å². The number of nitrogens with zero attached hydrogens (tertiary/aromatic N) is 3. The maximum Gasteiger partial charge on any atom is 0.326 e. The van der Waals surface area contributed by atoms with Crippen molar-refractivity contribution in [3.8, 4) is 0 Å². The van der Waals surface area contributed by atoms with Crippen LogP contribution in [-0.4, -0.2) is 43.0 Å². The van der Waals surface area contributed by atoms with Gasteiger partial charge in [0.15, 0.2) is 0 Å². The highest BCUT2D eigenvalue weighted by Gasteiger charge is 2.27. The van der Waals surface area contributed by atoms with E-state index < -0.39 is 11.1 Å². The van der Waals surface area contributed by atoms with Crippen molar-refractivity contribution < 1.29 is 4.79 Å². The number of benzene rings is 2. The third-order valence-electron chi connectivity index (χ3n) is 6.28. The molecule has 1 amide bonds. The number of imidazole rings is 1. The van der Waals surface area contributed by atoms with Crippen LogP contribution >= 0.6 is 0 Å². The van der Waals surface area contributed by atoms with Crippen molar-refractivity contribution in [3.05, 3.63) is 79.2 Å². The van der Waals surface area contributed by atoms with E-state index in [1.165, 1.54) is 4.57 Å². The number of likely N-dealkylation sites (tertiary alicyclic amines) is 1. The smallest absolute Gasteiger partial charge is 0.326 e. The Morgan fingerprint density at radius 1 is 0.969 bits per heavy atom. The molecule has 3 heterocycles. The standard InChI is InChI=1S/C23H23N5O4/c1-2-27-18-8-7-14(13-17(18)24-20(29)22(27)31)21(30)26-11-9-15(10-12-26)28-19-6-4-3-5-16(19)25-23(28)32/h3-8,13,15H,2,9-12H2,1H3,(H,24,29)(H,25,32). The molecule has 0 saturated carbocycles. The number of carbonyl (C=O) groups excluding carboxylic acids is 1. The molecule has 1 aliphatic rings. The van der Waals surface area contributed by atoms with Gasteiger partial charge in [-0.15, -0.1) is 0 Å². The van der Waals surface area contributed by atoms with Crippen molar-refractivity contribution in [2.75, 3.05) is 13.1 Å². The highest BCUT2D eigenvalue weighted by Crippen LogP contribution is 2.26. The first-order chi connectivity index (χ1) is 15.5. The van der Waals surface area contributed by atoms with Crippen LogP contribution in [0.5, 0.6) is 0 Å². The molecule has 164 valence electrons. The van der Waals surface area contributed by atoms with E-state index in [0.29, 0.717) is 49.1 Å². The van der Waals surface area contributed by atoms with Crippen LogP contribution in [0.25, 0.3) is 22.1 Å². The van der Waals surface area contributed by atoms with E-state index in [0.717, 1.165) is 11.0 Å². The molecule has 1 aliphatic heterocycles. The number of nitrogens with one attached hydrogen (secondary N) is 2. The summed E-state index contributed by atoms with van der Waals surface area (Å²) in [7, 11) is 0. The van der Waals surface area contributed by atoms with Crippen LogP contribution in [0.2, 0.25) is 0 Å². The third-order valence-corrected chi connectivity index (χ3v) is 6.28. The zero-order valence-corrected chi connectivity index (χ0v) is 17.6. The fourth-order valence-corrected chi connectivity index (χ4v) is 4.67. The van der Waals surface area contributed by atoms with Gasteiger partial charge >= 0.3 is 16.8 Å². The summed E-state index contributed by atoms with van der Waals surface area (Å²) in [4.78, 5) is 56.8. The zero-order valence-electron chi connectivity index (χ0n) is 17.6. The van der Waals surface area contributed by atoms with Gasteiger partial charge in [0.05, 0.1) is 22.1 Å². The summed E-state index contributed by atoms with van der Waals surface area (Å²) in [5.74, 6) is -0.133. The number of fused-ring (bicyclic) bond motifs is 2. The van der Waals surface area contributed by atoms with Gasteiger partial charge in [0, 0.05) is 31.2 Å². The van der Waals surface area contributed by atoms with Crippen molar-refractivity contribution in [1.29, 1.82) is 0 Å². The Morgan fingerprint density at radius 2 is 1.72 bits per heavy atom. The fraction of sp³-hybridized carbons (Fsp3) is 0.304. The van der Waals surface area contributed by atoms with E-state index in [2.05, 4.69) is 9.97 Å². The summed E-state index contributed by atoms with van der Waals surface area (Å²) < 4.78 is 3.19. The molecular weight excluding hydrogens is 410 g/mol. The highest BCUT2D eigenvalue weighted by molar-refractivity contribution is 5.97. The molecule has 5 rings (SSSR count). The quantitative estimate of drug-likeness (QED) is 0.480. The molecule has 2 N–H and O–H groups in total. The van der Waals surface area contributed by atoms with Gasteiger partial charge in [0.2, 0.25) is 0 Å². The Morgan fingerprint density at radius 3 is 2.47 bits per heavy atom. The molecule has 9 nitrogen and oxygen atoms in total. The van der Waals surface area contributed by atoms with Crippen LogP contribution in [-0.2, 0) is 6.54 Å². The van der Waals surface area contributed by atoms with Gasteiger partial charge in [-0.1, -0.05) is 12.1 Å². The molecule has 0 aliphatic carbocycles. The van der Waals surface area contributed by atoms with Crippen molar-refractivity contribution in [2.45, 2.75) is 32.4 Å². The number of rotatable bonds is 3. The molecule has 0 bridgehead atoms. The lowest BCUT2D eigenvalue weighted by atomic mass is 10.0. The minimum absolute atomic E-state index is 0.0228. The number of para-hydroxylation sites is 2. The van der Waals surface area contributed by atoms with E-state index in [1.807, 2.05) is 24.3 Å². The molecule has 0 unspecified atom stereocenters. The molecule has 9 heteroatoms. The van der Waals surface area contributed by atoms with Crippen LogP contribution in [0.1, 0.15) is 36.2 Å². The Labute approximate surface area is 181 Å². The third kappa shape index (κ3) is 3.17. The van der Waals surface area contributed by atoms with Gasteiger partial charge in [-0.3, -0.25) is 19.0 Å². The van der Waals surface area contributed by atoms with Crippen LogP contribution in [0.3, 0.4) is 0 Å². The number of aromatic amines is 2. The Kier molecular flexibility index (Phi) is 4.80. The summed E-state index contributed by atoms with van der Waals surface area (Å²) in [6.45, 7) is 3.21. The Balaban J connectivity index is 1.38. The highest BCUT2D eigenvalue weighted by atomic mass is 16.2. The SMILES string of the molecule is CCn1c(=O)c(=O)[nH]c2cc(C(=O)N3CCC(n4c(=O)[nH]c5ccccc54)CC3)ccc21. The van der Waals surface area contributed by atoms with Crippen LogP contribution in [0, 0.1) is 0 Å².